The molecule has 0 saturated carbocycles. The number of nitrogens with zero attached hydrogens (tertiary/aromatic N) is 6. The second-order valence-electron chi connectivity index (χ2n) is 8.34. The number of carbonyl (C=O) groups is 1. The first kappa shape index (κ1) is 23.4. The van der Waals surface area contributed by atoms with Crippen molar-refractivity contribution >= 4 is 22.6 Å². The summed E-state index contributed by atoms with van der Waals surface area (Å²) < 4.78 is 42.9. The Labute approximate surface area is 193 Å². The largest absolute Gasteiger partial charge is 0.416 e. The molecule has 0 radical (unpaired) electrons. The van der Waals surface area contributed by atoms with E-state index in [1.807, 2.05) is 32.4 Å². The molecule has 11 heteroatoms. The van der Waals surface area contributed by atoms with E-state index in [9.17, 15) is 18.0 Å². The second-order valence-corrected chi connectivity index (χ2v) is 8.34. The lowest BCUT2D eigenvalue weighted by molar-refractivity contribution is -0.137. The van der Waals surface area contributed by atoms with E-state index >= 15 is 0 Å². The first-order chi connectivity index (χ1) is 16.1. The molecule has 0 atom stereocenters. The molecule has 0 unspecified atom stereocenters. The zero-order valence-corrected chi connectivity index (χ0v) is 19.2. The summed E-state index contributed by atoms with van der Waals surface area (Å²) in [5, 5.41) is 11.9. The van der Waals surface area contributed by atoms with Crippen LogP contribution in [0.3, 0.4) is 0 Å². The molecule has 4 rings (SSSR count). The molecule has 0 aliphatic heterocycles. The molecule has 0 aliphatic rings. The van der Waals surface area contributed by atoms with Gasteiger partial charge in [-0.15, -0.1) is 0 Å². The van der Waals surface area contributed by atoms with Gasteiger partial charge in [0.2, 0.25) is 5.91 Å². The van der Waals surface area contributed by atoms with Crippen molar-refractivity contribution in [2.75, 3.05) is 5.32 Å². The van der Waals surface area contributed by atoms with Gasteiger partial charge in [0.25, 0.3) is 0 Å². The van der Waals surface area contributed by atoms with E-state index in [0.29, 0.717) is 6.42 Å². The number of hydrogen-bond acceptors (Lipinski definition) is 5. The summed E-state index contributed by atoms with van der Waals surface area (Å²) in [7, 11) is 0. The standard InChI is InChI=1S/C23H24F3N7O/c1-13(2)33-22-18(10-28-33)14(3)17(15(4)30-22)6-8-21(34)31-19-9-16(23(24,25)26)5-7-20(19)32-12-27-11-29-32/h5,7,9-13H,6,8H2,1-4H3,(H,31,34). The lowest BCUT2D eigenvalue weighted by Crippen LogP contribution is -2.16. The topological polar surface area (TPSA) is 90.5 Å². The zero-order valence-electron chi connectivity index (χ0n) is 19.2. The number of halogens is 3. The molecule has 1 aromatic carbocycles. The monoisotopic (exact) mass is 471 g/mol. The van der Waals surface area contributed by atoms with Gasteiger partial charge in [0.1, 0.15) is 12.7 Å². The third-order valence-electron chi connectivity index (χ3n) is 5.69. The quantitative estimate of drug-likeness (QED) is 0.436. The van der Waals surface area contributed by atoms with Crippen molar-refractivity contribution in [2.45, 2.75) is 52.8 Å². The average Bonchev–Trinajstić information content (AvgIpc) is 3.43. The highest BCUT2D eigenvalue weighted by molar-refractivity contribution is 5.93. The van der Waals surface area contributed by atoms with Crippen LogP contribution in [0.25, 0.3) is 16.7 Å². The number of nitrogens with one attached hydrogen (secondary N) is 1. The number of fused-ring (bicyclic) bond motifs is 1. The predicted octanol–water partition coefficient (Wildman–Crippen LogP) is 4.80. The van der Waals surface area contributed by atoms with Crippen LogP contribution in [0.2, 0.25) is 0 Å². The van der Waals surface area contributed by atoms with Crippen molar-refractivity contribution in [2.24, 2.45) is 0 Å². The third kappa shape index (κ3) is 4.50. The van der Waals surface area contributed by atoms with Gasteiger partial charge < -0.3 is 5.32 Å². The van der Waals surface area contributed by atoms with E-state index in [-0.39, 0.29) is 23.8 Å². The maximum atomic E-state index is 13.3. The maximum absolute atomic E-state index is 13.3. The summed E-state index contributed by atoms with van der Waals surface area (Å²) in [5.41, 5.74) is 2.93. The molecular weight excluding hydrogens is 447 g/mol. The van der Waals surface area contributed by atoms with E-state index in [2.05, 4.69) is 20.5 Å². The van der Waals surface area contributed by atoms with Gasteiger partial charge >= 0.3 is 6.18 Å². The van der Waals surface area contributed by atoms with Crippen LogP contribution in [0, 0.1) is 13.8 Å². The lowest BCUT2D eigenvalue weighted by atomic mass is 10.00. The zero-order chi connectivity index (χ0) is 24.6. The van der Waals surface area contributed by atoms with Gasteiger partial charge in [-0.1, -0.05) is 0 Å². The highest BCUT2D eigenvalue weighted by atomic mass is 19.4. The highest BCUT2D eigenvalue weighted by Gasteiger charge is 2.31. The average molecular weight is 471 g/mol. The number of benzene rings is 1. The summed E-state index contributed by atoms with van der Waals surface area (Å²) in [5.74, 6) is -0.419. The Morgan fingerprint density at radius 3 is 2.59 bits per heavy atom. The molecule has 0 spiro atoms. The Bertz CT molecular complexity index is 1340. The molecule has 0 bridgehead atoms. The van der Waals surface area contributed by atoms with Crippen LogP contribution >= 0.6 is 0 Å². The fraction of sp³-hybridized carbons (Fsp3) is 0.348. The van der Waals surface area contributed by atoms with Crippen LogP contribution in [-0.4, -0.2) is 35.4 Å². The highest BCUT2D eigenvalue weighted by Crippen LogP contribution is 2.33. The molecule has 3 aromatic heterocycles. The Balaban J connectivity index is 1.57. The number of aromatic nitrogens is 6. The number of amides is 1. The SMILES string of the molecule is Cc1nc2c(cnn2C(C)C)c(C)c1CCC(=O)Nc1cc(C(F)(F)F)ccc1-n1cncn1. The van der Waals surface area contributed by atoms with Crippen molar-refractivity contribution in [3.63, 3.8) is 0 Å². The van der Waals surface area contributed by atoms with Gasteiger partial charge in [-0.05, 0) is 63.4 Å². The van der Waals surface area contributed by atoms with Crippen molar-refractivity contribution in [3.05, 3.63) is 59.4 Å². The molecule has 178 valence electrons. The third-order valence-corrected chi connectivity index (χ3v) is 5.69. The number of carbonyl (C=O) groups excluding carboxylic acids is 1. The number of aryl methyl sites for hydroxylation is 2. The number of alkyl halides is 3. The molecule has 34 heavy (non-hydrogen) atoms. The second kappa shape index (κ2) is 8.88. The first-order valence-corrected chi connectivity index (χ1v) is 10.8. The fourth-order valence-electron chi connectivity index (χ4n) is 3.93. The number of rotatable bonds is 6. The summed E-state index contributed by atoms with van der Waals surface area (Å²) in [6.45, 7) is 7.90. The summed E-state index contributed by atoms with van der Waals surface area (Å²) in [6.07, 6.45) is 0.295. The Hall–Kier alpha value is -3.76. The van der Waals surface area contributed by atoms with E-state index in [1.165, 1.54) is 23.4 Å². The van der Waals surface area contributed by atoms with Gasteiger partial charge in [0.05, 0.1) is 23.1 Å². The summed E-state index contributed by atoms with van der Waals surface area (Å²) in [4.78, 5) is 21.3. The lowest BCUT2D eigenvalue weighted by Gasteiger charge is -2.15. The van der Waals surface area contributed by atoms with E-state index in [4.69, 9.17) is 4.98 Å². The predicted molar refractivity (Wildman–Crippen MR) is 121 cm³/mol. The molecule has 3 heterocycles. The van der Waals surface area contributed by atoms with E-state index < -0.39 is 17.6 Å². The summed E-state index contributed by atoms with van der Waals surface area (Å²) >= 11 is 0. The van der Waals surface area contributed by atoms with Crippen molar-refractivity contribution in [1.82, 2.24) is 29.5 Å². The van der Waals surface area contributed by atoms with Crippen LogP contribution in [0.15, 0.2) is 37.1 Å². The number of anilines is 1. The smallest absolute Gasteiger partial charge is 0.324 e. The van der Waals surface area contributed by atoms with Crippen LogP contribution in [0.1, 0.15) is 48.7 Å². The molecule has 0 saturated heterocycles. The van der Waals surface area contributed by atoms with Crippen LogP contribution in [0.4, 0.5) is 18.9 Å². The molecule has 8 nitrogen and oxygen atoms in total. The Morgan fingerprint density at radius 2 is 1.94 bits per heavy atom. The molecule has 1 N–H and O–H groups in total. The molecule has 0 fully saturated rings. The van der Waals surface area contributed by atoms with Gasteiger partial charge in [0.15, 0.2) is 5.65 Å². The minimum Gasteiger partial charge on any atom is -0.324 e. The van der Waals surface area contributed by atoms with Crippen molar-refractivity contribution < 1.29 is 18.0 Å². The molecular formula is C23H24F3N7O. The maximum Gasteiger partial charge on any atom is 0.416 e. The molecule has 4 aromatic rings. The minimum atomic E-state index is -4.55. The van der Waals surface area contributed by atoms with Gasteiger partial charge in [-0.25, -0.2) is 19.3 Å². The Kier molecular flexibility index (Phi) is 6.11. The molecule has 1 amide bonds. The minimum absolute atomic E-state index is 0.00514. The van der Waals surface area contributed by atoms with Gasteiger partial charge in [-0.3, -0.25) is 4.79 Å². The van der Waals surface area contributed by atoms with Gasteiger partial charge in [-0.2, -0.15) is 23.4 Å². The normalized spacial score (nSPS) is 12.0. The summed E-state index contributed by atoms with van der Waals surface area (Å²) in [6, 6.07) is 3.26. The molecule has 0 aliphatic carbocycles. The Morgan fingerprint density at radius 1 is 1.18 bits per heavy atom. The van der Waals surface area contributed by atoms with Gasteiger partial charge in [0, 0.05) is 23.5 Å². The van der Waals surface area contributed by atoms with E-state index in [0.717, 1.165) is 40.0 Å². The number of hydrogen-bond donors (Lipinski definition) is 1. The van der Waals surface area contributed by atoms with Crippen LogP contribution in [-0.2, 0) is 17.4 Å². The van der Waals surface area contributed by atoms with E-state index in [1.54, 1.807) is 6.20 Å². The fourth-order valence-corrected chi connectivity index (χ4v) is 3.93. The van der Waals surface area contributed by atoms with Crippen molar-refractivity contribution in [1.29, 1.82) is 0 Å². The number of pyridine rings is 1. The van der Waals surface area contributed by atoms with Crippen LogP contribution < -0.4 is 5.32 Å². The first-order valence-electron chi connectivity index (χ1n) is 10.8. The van der Waals surface area contributed by atoms with Crippen LogP contribution in [0.5, 0.6) is 0 Å². The van der Waals surface area contributed by atoms with Crippen molar-refractivity contribution in [3.8, 4) is 5.69 Å².